The Morgan fingerprint density at radius 2 is 1.82 bits per heavy atom. The highest BCUT2D eigenvalue weighted by atomic mass is 14.2. The largest absolute Gasteiger partial charge is 0.103 e. The van der Waals surface area contributed by atoms with E-state index in [1.165, 1.54) is 25.7 Å². The molecule has 0 aliphatic rings. The lowest BCUT2D eigenvalue weighted by molar-refractivity contribution is 0.321. The minimum atomic E-state index is 0.878. The number of hydrogen-bond donors (Lipinski definition) is 0. The van der Waals surface area contributed by atoms with Gasteiger partial charge in [-0.05, 0) is 24.7 Å². The lowest BCUT2D eigenvalue weighted by Crippen LogP contribution is -2.09. The summed E-state index contributed by atoms with van der Waals surface area (Å²) in [5.41, 5.74) is 0. The summed E-state index contributed by atoms with van der Waals surface area (Å²) in [6, 6.07) is 0. The molecule has 0 spiro atoms. The molecule has 11 heavy (non-hydrogen) atoms. The van der Waals surface area contributed by atoms with Crippen LogP contribution >= 0.6 is 0 Å². The van der Waals surface area contributed by atoms with E-state index in [0.717, 1.165) is 11.8 Å². The summed E-state index contributed by atoms with van der Waals surface area (Å²) in [5.74, 6) is 1.80. The van der Waals surface area contributed by atoms with E-state index in [-0.39, 0.29) is 0 Å². The van der Waals surface area contributed by atoms with Crippen molar-refractivity contribution >= 4 is 0 Å². The number of allylic oxidation sites excluding steroid dienone is 1. The highest BCUT2D eigenvalue weighted by Gasteiger charge is 2.11. The van der Waals surface area contributed by atoms with Gasteiger partial charge in [-0.15, -0.1) is 6.58 Å². The zero-order valence-electron chi connectivity index (χ0n) is 8.27. The molecule has 0 aliphatic carbocycles. The molecule has 0 radical (unpaired) electrons. The summed E-state index contributed by atoms with van der Waals surface area (Å²) in [4.78, 5) is 0. The fraction of sp³-hybridized carbons (Fsp3) is 0.818. The maximum absolute atomic E-state index is 3.74. The molecule has 0 aromatic carbocycles. The Labute approximate surface area is 71.7 Å². The third-order valence-electron chi connectivity index (χ3n) is 2.68. The zero-order chi connectivity index (χ0) is 8.69. The van der Waals surface area contributed by atoms with Gasteiger partial charge in [0.1, 0.15) is 0 Å². The Balaban J connectivity index is 3.59. The Hall–Kier alpha value is -0.260. The second-order valence-corrected chi connectivity index (χ2v) is 3.42. The predicted octanol–water partition coefficient (Wildman–Crippen LogP) is 4.02. The molecular weight excluding hydrogens is 132 g/mol. The average molecular weight is 154 g/mol. The van der Waals surface area contributed by atoms with E-state index in [2.05, 4.69) is 27.4 Å². The molecule has 0 amide bonds. The Bertz CT molecular complexity index is 90.2. The molecule has 0 rings (SSSR count). The summed E-state index contributed by atoms with van der Waals surface area (Å²) in [6.45, 7) is 10.7. The van der Waals surface area contributed by atoms with Gasteiger partial charge in [-0.3, -0.25) is 0 Å². The van der Waals surface area contributed by atoms with Crippen LogP contribution in [0.1, 0.15) is 46.5 Å². The van der Waals surface area contributed by atoms with Crippen LogP contribution in [0.5, 0.6) is 0 Å². The van der Waals surface area contributed by atoms with Gasteiger partial charge in [0.2, 0.25) is 0 Å². The van der Waals surface area contributed by atoms with E-state index in [4.69, 9.17) is 0 Å². The summed E-state index contributed by atoms with van der Waals surface area (Å²) < 4.78 is 0. The van der Waals surface area contributed by atoms with Crippen LogP contribution in [0.4, 0.5) is 0 Å². The molecule has 0 aromatic heterocycles. The van der Waals surface area contributed by atoms with Crippen molar-refractivity contribution in [2.24, 2.45) is 11.8 Å². The molecule has 0 aliphatic heterocycles. The zero-order valence-corrected chi connectivity index (χ0v) is 8.27. The van der Waals surface area contributed by atoms with Crippen LogP contribution in [0.25, 0.3) is 0 Å². The minimum Gasteiger partial charge on any atom is -0.103 e. The SMILES string of the molecule is C=CCCC(C)C(CC)CC. The first kappa shape index (κ1) is 10.7. The predicted molar refractivity (Wildman–Crippen MR) is 52.7 cm³/mol. The molecule has 0 saturated heterocycles. The maximum atomic E-state index is 3.74. The second kappa shape index (κ2) is 6.45. The third-order valence-corrected chi connectivity index (χ3v) is 2.68. The van der Waals surface area contributed by atoms with Crippen molar-refractivity contribution < 1.29 is 0 Å². The van der Waals surface area contributed by atoms with Gasteiger partial charge in [-0.1, -0.05) is 39.7 Å². The molecule has 0 heteroatoms. The van der Waals surface area contributed by atoms with Crippen LogP contribution in [0.2, 0.25) is 0 Å². The number of rotatable bonds is 6. The summed E-state index contributed by atoms with van der Waals surface area (Å²) >= 11 is 0. The first-order valence-electron chi connectivity index (χ1n) is 4.87. The molecule has 0 bridgehead atoms. The summed E-state index contributed by atoms with van der Waals surface area (Å²) in [5, 5.41) is 0. The standard InChI is InChI=1S/C11H22/c1-5-8-9-10(4)11(6-2)7-3/h5,10-11H,1,6-9H2,2-4H3. The average Bonchev–Trinajstić information content (AvgIpc) is 2.03. The van der Waals surface area contributed by atoms with Gasteiger partial charge in [0.25, 0.3) is 0 Å². The molecule has 0 saturated carbocycles. The van der Waals surface area contributed by atoms with Gasteiger partial charge < -0.3 is 0 Å². The van der Waals surface area contributed by atoms with Gasteiger partial charge in [0.05, 0.1) is 0 Å². The molecule has 0 fully saturated rings. The van der Waals surface area contributed by atoms with Crippen molar-refractivity contribution in [1.82, 2.24) is 0 Å². The van der Waals surface area contributed by atoms with Gasteiger partial charge in [0.15, 0.2) is 0 Å². The van der Waals surface area contributed by atoms with E-state index in [0.29, 0.717) is 0 Å². The molecular formula is C11H22. The quantitative estimate of drug-likeness (QED) is 0.507. The molecule has 1 atom stereocenters. The molecule has 0 heterocycles. The molecule has 0 N–H and O–H groups in total. The van der Waals surface area contributed by atoms with Crippen molar-refractivity contribution in [3.05, 3.63) is 12.7 Å². The normalized spacial score (nSPS) is 13.5. The smallest absolute Gasteiger partial charge is 0.0351 e. The highest BCUT2D eigenvalue weighted by Crippen LogP contribution is 2.23. The second-order valence-electron chi connectivity index (χ2n) is 3.42. The summed E-state index contributed by atoms with van der Waals surface area (Å²) in [6.07, 6.45) is 7.18. The Morgan fingerprint density at radius 1 is 1.27 bits per heavy atom. The van der Waals surface area contributed by atoms with Gasteiger partial charge in [-0.2, -0.15) is 0 Å². The third kappa shape index (κ3) is 4.23. The van der Waals surface area contributed by atoms with E-state index in [9.17, 15) is 0 Å². The Morgan fingerprint density at radius 3 is 2.18 bits per heavy atom. The topological polar surface area (TPSA) is 0 Å². The van der Waals surface area contributed by atoms with Crippen LogP contribution in [-0.4, -0.2) is 0 Å². The fourth-order valence-corrected chi connectivity index (χ4v) is 1.71. The minimum absolute atomic E-state index is 0.878. The van der Waals surface area contributed by atoms with Crippen LogP contribution < -0.4 is 0 Å². The molecule has 0 aromatic rings. The fourth-order valence-electron chi connectivity index (χ4n) is 1.71. The maximum Gasteiger partial charge on any atom is -0.0351 e. The van der Waals surface area contributed by atoms with Gasteiger partial charge in [0, 0.05) is 0 Å². The lowest BCUT2D eigenvalue weighted by atomic mass is 9.86. The van der Waals surface area contributed by atoms with Crippen molar-refractivity contribution in [3.8, 4) is 0 Å². The number of hydrogen-bond acceptors (Lipinski definition) is 0. The van der Waals surface area contributed by atoms with Crippen LogP contribution in [0.15, 0.2) is 12.7 Å². The van der Waals surface area contributed by atoms with Crippen molar-refractivity contribution in [3.63, 3.8) is 0 Å². The van der Waals surface area contributed by atoms with Gasteiger partial charge in [-0.25, -0.2) is 0 Å². The van der Waals surface area contributed by atoms with Crippen LogP contribution in [-0.2, 0) is 0 Å². The monoisotopic (exact) mass is 154 g/mol. The Kier molecular flexibility index (Phi) is 6.30. The first-order chi connectivity index (χ1) is 5.26. The van der Waals surface area contributed by atoms with E-state index < -0.39 is 0 Å². The van der Waals surface area contributed by atoms with Crippen molar-refractivity contribution in [2.75, 3.05) is 0 Å². The molecule has 0 nitrogen and oxygen atoms in total. The highest BCUT2D eigenvalue weighted by molar-refractivity contribution is 4.71. The van der Waals surface area contributed by atoms with Crippen LogP contribution in [0, 0.1) is 11.8 Å². The molecule has 66 valence electrons. The van der Waals surface area contributed by atoms with Crippen molar-refractivity contribution in [2.45, 2.75) is 46.5 Å². The van der Waals surface area contributed by atoms with E-state index in [1.54, 1.807) is 0 Å². The first-order valence-corrected chi connectivity index (χ1v) is 4.87. The van der Waals surface area contributed by atoms with Gasteiger partial charge >= 0.3 is 0 Å². The lowest BCUT2D eigenvalue weighted by Gasteiger charge is -2.20. The molecule has 1 unspecified atom stereocenters. The summed E-state index contributed by atoms with van der Waals surface area (Å²) in [7, 11) is 0. The van der Waals surface area contributed by atoms with E-state index >= 15 is 0 Å². The van der Waals surface area contributed by atoms with Crippen LogP contribution in [0.3, 0.4) is 0 Å². The van der Waals surface area contributed by atoms with E-state index in [1.807, 2.05) is 6.08 Å². The van der Waals surface area contributed by atoms with Crippen molar-refractivity contribution in [1.29, 1.82) is 0 Å².